The summed E-state index contributed by atoms with van der Waals surface area (Å²) < 4.78 is 0. The van der Waals surface area contributed by atoms with E-state index in [4.69, 9.17) is 5.53 Å². The van der Waals surface area contributed by atoms with Crippen molar-refractivity contribution in [3.05, 3.63) is 26.5 Å². The van der Waals surface area contributed by atoms with Crippen LogP contribution in [0.25, 0.3) is 10.4 Å². The Morgan fingerprint density at radius 2 is 2.43 bits per heavy atom. The van der Waals surface area contributed by atoms with Crippen molar-refractivity contribution >= 4 is 11.3 Å². The van der Waals surface area contributed by atoms with E-state index in [0.717, 1.165) is 23.7 Å². The SMILES string of the molecule is CN(C)Cc1csc(CCN=[N+]=[N-])n1. The fourth-order valence-electron chi connectivity index (χ4n) is 1.05. The van der Waals surface area contributed by atoms with Crippen LogP contribution in [0.3, 0.4) is 0 Å². The van der Waals surface area contributed by atoms with Gasteiger partial charge in [-0.3, -0.25) is 0 Å². The molecule has 0 atom stereocenters. The molecule has 0 aromatic carbocycles. The Morgan fingerprint density at radius 1 is 1.64 bits per heavy atom. The van der Waals surface area contributed by atoms with Crippen molar-refractivity contribution in [2.75, 3.05) is 20.6 Å². The zero-order valence-electron chi connectivity index (χ0n) is 8.34. The molecule has 1 aromatic heterocycles. The Hall–Kier alpha value is -1.10. The maximum atomic E-state index is 8.10. The molecule has 0 fully saturated rings. The molecule has 0 radical (unpaired) electrons. The van der Waals surface area contributed by atoms with Gasteiger partial charge < -0.3 is 4.90 Å². The quantitative estimate of drug-likeness (QED) is 0.425. The van der Waals surface area contributed by atoms with E-state index in [-0.39, 0.29) is 0 Å². The van der Waals surface area contributed by atoms with Crippen molar-refractivity contribution in [3.8, 4) is 0 Å². The lowest BCUT2D eigenvalue weighted by molar-refractivity contribution is 0.397. The zero-order chi connectivity index (χ0) is 10.4. The molecule has 0 N–H and O–H groups in total. The first-order valence-electron chi connectivity index (χ1n) is 4.31. The van der Waals surface area contributed by atoms with Crippen LogP contribution in [0.4, 0.5) is 0 Å². The van der Waals surface area contributed by atoms with Crippen LogP contribution >= 0.6 is 11.3 Å². The van der Waals surface area contributed by atoms with Gasteiger partial charge >= 0.3 is 0 Å². The molecule has 0 aliphatic rings. The summed E-state index contributed by atoms with van der Waals surface area (Å²) in [7, 11) is 4.03. The average Bonchev–Trinajstić information content (AvgIpc) is 2.52. The molecule has 0 spiro atoms. The van der Waals surface area contributed by atoms with E-state index >= 15 is 0 Å². The molecule has 0 bridgehead atoms. The molecular weight excluding hydrogens is 198 g/mol. The van der Waals surface area contributed by atoms with E-state index in [9.17, 15) is 0 Å². The van der Waals surface area contributed by atoms with Gasteiger partial charge in [0.2, 0.25) is 0 Å². The molecule has 0 amide bonds. The van der Waals surface area contributed by atoms with Crippen molar-refractivity contribution in [2.45, 2.75) is 13.0 Å². The summed E-state index contributed by atoms with van der Waals surface area (Å²) in [5.41, 5.74) is 9.18. The van der Waals surface area contributed by atoms with Crippen molar-refractivity contribution in [2.24, 2.45) is 5.11 Å². The Kier molecular flexibility index (Phi) is 4.39. The van der Waals surface area contributed by atoms with Gasteiger partial charge in [-0.05, 0) is 19.6 Å². The molecule has 0 aliphatic carbocycles. The number of thiazole rings is 1. The lowest BCUT2D eigenvalue weighted by Gasteiger charge is -2.05. The zero-order valence-corrected chi connectivity index (χ0v) is 9.16. The smallest absolute Gasteiger partial charge is 0.0930 e. The van der Waals surface area contributed by atoms with Gasteiger partial charge in [-0.1, -0.05) is 5.11 Å². The number of rotatable bonds is 5. The predicted molar refractivity (Wildman–Crippen MR) is 57.2 cm³/mol. The lowest BCUT2D eigenvalue weighted by Crippen LogP contribution is -2.10. The van der Waals surface area contributed by atoms with Crippen molar-refractivity contribution in [3.63, 3.8) is 0 Å². The van der Waals surface area contributed by atoms with Gasteiger partial charge in [0, 0.05) is 29.8 Å². The van der Waals surface area contributed by atoms with Gasteiger partial charge in [-0.15, -0.1) is 11.3 Å². The minimum atomic E-state index is 0.491. The van der Waals surface area contributed by atoms with Crippen LogP contribution in [-0.4, -0.2) is 30.5 Å². The van der Waals surface area contributed by atoms with Crippen molar-refractivity contribution in [1.29, 1.82) is 0 Å². The summed E-state index contributed by atoms with van der Waals surface area (Å²) in [6, 6.07) is 0. The number of hydrogen-bond acceptors (Lipinski definition) is 4. The second-order valence-corrected chi connectivity index (χ2v) is 4.12. The monoisotopic (exact) mass is 211 g/mol. The fourth-order valence-corrected chi connectivity index (χ4v) is 1.83. The molecule has 1 aromatic rings. The molecule has 6 heteroatoms. The highest BCUT2D eigenvalue weighted by molar-refractivity contribution is 7.09. The van der Waals surface area contributed by atoms with Crippen LogP contribution in [0.2, 0.25) is 0 Å². The van der Waals surface area contributed by atoms with Crippen LogP contribution < -0.4 is 0 Å². The lowest BCUT2D eigenvalue weighted by atomic mass is 10.4. The molecule has 0 saturated carbocycles. The Labute approximate surface area is 87.0 Å². The second kappa shape index (κ2) is 5.59. The molecule has 1 rings (SSSR count). The summed E-state index contributed by atoms with van der Waals surface area (Å²) >= 11 is 1.62. The van der Waals surface area contributed by atoms with Crippen molar-refractivity contribution < 1.29 is 0 Å². The van der Waals surface area contributed by atoms with E-state index in [1.807, 2.05) is 19.5 Å². The van der Waals surface area contributed by atoms with Gasteiger partial charge in [0.1, 0.15) is 0 Å². The van der Waals surface area contributed by atoms with Crippen LogP contribution in [-0.2, 0) is 13.0 Å². The first-order valence-corrected chi connectivity index (χ1v) is 5.19. The predicted octanol–water partition coefficient (Wildman–Crippen LogP) is 2.06. The Bertz CT molecular complexity index is 326. The van der Waals surface area contributed by atoms with Gasteiger partial charge in [-0.2, -0.15) is 0 Å². The second-order valence-electron chi connectivity index (χ2n) is 3.17. The van der Waals surface area contributed by atoms with Crippen LogP contribution in [0.1, 0.15) is 10.7 Å². The van der Waals surface area contributed by atoms with Crippen LogP contribution in [0.15, 0.2) is 10.5 Å². The highest BCUT2D eigenvalue weighted by atomic mass is 32.1. The average molecular weight is 211 g/mol. The fraction of sp³-hybridized carbons (Fsp3) is 0.625. The topological polar surface area (TPSA) is 64.9 Å². The van der Waals surface area contributed by atoms with E-state index < -0.39 is 0 Å². The standard InChI is InChI=1S/C8H13N5S/c1-13(2)5-7-6-14-8(11-7)3-4-10-12-9/h6H,3-5H2,1-2H3. The van der Waals surface area contributed by atoms with E-state index in [2.05, 4.69) is 19.9 Å². The van der Waals surface area contributed by atoms with Crippen LogP contribution in [0, 0.1) is 0 Å². The molecule has 76 valence electrons. The molecule has 14 heavy (non-hydrogen) atoms. The minimum Gasteiger partial charge on any atom is -0.304 e. The summed E-state index contributed by atoms with van der Waals surface area (Å²) in [4.78, 5) is 9.19. The number of aromatic nitrogens is 1. The number of hydrogen-bond donors (Lipinski definition) is 0. The summed E-state index contributed by atoms with van der Waals surface area (Å²) in [5.74, 6) is 0. The van der Waals surface area contributed by atoms with Gasteiger partial charge in [-0.25, -0.2) is 4.98 Å². The van der Waals surface area contributed by atoms with Gasteiger partial charge in [0.05, 0.1) is 10.7 Å². The van der Waals surface area contributed by atoms with E-state index in [1.54, 1.807) is 11.3 Å². The molecule has 0 aliphatic heterocycles. The first kappa shape index (κ1) is 11.0. The number of nitrogens with zero attached hydrogens (tertiary/aromatic N) is 5. The third-order valence-corrected chi connectivity index (χ3v) is 2.52. The summed E-state index contributed by atoms with van der Waals surface area (Å²) in [6.45, 7) is 1.35. The third-order valence-electron chi connectivity index (χ3n) is 1.57. The van der Waals surface area contributed by atoms with E-state index in [1.165, 1.54) is 0 Å². The normalized spacial score (nSPS) is 10.2. The maximum Gasteiger partial charge on any atom is 0.0930 e. The largest absolute Gasteiger partial charge is 0.304 e. The van der Waals surface area contributed by atoms with E-state index in [0.29, 0.717) is 6.54 Å². The molecule has 0 unspecified atom stereocenters. The maximum absolute atomic E-state index is 8.10. The molecule has 5 nitrogen and oxygen atoms in total. The summed E-state index contributed by atoms with van der Waals surface area (Å²) in [5, 5.41) is 6.56. The highest BCUT2D eigenvalue weighted by Gasteiger charge is 2.01. The van der Waals surface area contributed by atoms with Gasteiger partial charge in [0.25, 0.3) is 0 Å². The van der Waals surface area contributed by atoms with Crippen molar-refractivity contribution in [1.82, 2.24) is 9.88 Å². The van der Waals surface area contributed by atoms with Crippen LogP contribution in [0.5, 0.6) is 0 Å². The Balaban J connectivity index is 2.46. The number of azide groups is 1. The third kappa shape index (κ3) is 3.74. The first-order chi connectivity index (χ1) is 6.72. The molecule has 0 saturated heterocycles. The summed E-state index contributed by atoms with van der Waals surface area (Å²) in [6.07, 6.45) is 0.738. The van der Waals surface area contributed by atoms with Gasteiger partial charge in [0.15, 0.2) is 0 Å². The molecular formula is C8H13N5S. The molecule has 1 heterocycles. The minimum absolute atomic E-state index is 0.491. The highest BCUT2D eigenvalue weighted by Crippen LogP contribution is 2.11. The Morgan fingerprint density at radius 3 is 3.07 bits per heavy atom.